The minimum absolute atomic E-state index is 0.146. The summed E-state index contributed by atoms with van der Waals surface area (Å²) in [6.45, 7) is 1.93. The zero-order chi connectivity index (χ0) is 19.3. The van der Waals surface area contributed by atoms with Crippen molar-refractivity contribution in [2.75, 3.05) is 18.4 Å². The van der Waals surface area contributed by atoms with Crippen molar-refractivity contribution in [2.45, 2.75) is 56.8 Å². The summed E-state index contributed by atoms with van der Waals surface area (Å²) in [6.07, 6.45) is 7.33. The van der Waals surface area contributed by atoms with Crippen LogP contribution in [0, 0.1) is 0 Å². The first-order valence-corrected chi connectivity index (χ1v) is 10.2. The molecule has 0 bridgehead atoms. The van der Waals surface area contributed by atoms with E-state index in [1.165, 1.54) is 0 Å². The number of amides is 1. The highest BCUT2D eigenvalue weighted by molar-refractivity contribution is 6.02. The van der Waals surface area contributed by atoms with Crippen molar-refractivity contribution in [3.05, 3.63) is 42.2 Å². The van der Waals surface area contributed by atoms with Crippen LogP contribution in [-0.2, 0) is 0 Å². The van der Waals surface area contributed by atoms with Crippen molar-refractivity contribution in [1.82, 2.24) is 15.1 Å². The van der Waals surface area contributed by atoms with Gasteiger partial charge in [0.25, 0.3) is 5.91 Å². The first kappa shape index (κ1) is 19.0. The number of carbonyl (C=O) groups excluding carboxylic acids is 1. The standard InChI is InChI=1S/C21H28N4O3/c26-19-5-1-2-6-20(19)28-17-9-7-15(8-10-17)23-21(27)18-11-13-25(24-18)16-4-3-12-22-14-16/h7-11,13,16,19-20,22,26H,1-6,12,14H2,(H,23,27). The molecule has 1 aliphatic heterocycles. The second-order valence-corrected chi connectivity index (χ2v) is 7.67. The van der Waals surface area contributed by atoms with Gasteiger partial charge in [-0.3, -0.25) is 9.48 Å². The fourth-order valence-corrected chi connectivity index (χ4v) is 3.92. The van der Waals surface area contributed by atoms with Gasteiger partial charge in [-0.1, -0.05) is 6.42 Å². The lowest BCUT2D eigenvalue weighted by molar-refractivity contribution is 0.00688. The number of hydrogen-bond acceptors (Lipinski definition) is 5. The summed E-state index contributed by atoms with van der Waals surface area (Å²) in [5.74, 6) is 0.483. The number of aliphatic hydroxyl groups is 1. The van der Waals surface area contributed by atoms with Crippen molar-refractivity contribution < 1.29 is 14.6 Å². The van der Waals surface area contributed by atoms with Crippen LogP contribution in [0.1, 0.15) is 55.1 Å². The lowest BCUT2D eigenvalue weighted by Crippen LogP contribution is -2.34. The van der Waals surface area contributed by atoms with E-state index < -0.39 is 6.10 Å². The fourth-order valence-electron chi connectivity index (χ4n) is 3.92. The summed E-state index contributed by atoms with van der Waals surface area (Å²) in [7, 11) is 0. The fraction of sp³-hybridized carbons (Fsp3) is 0.524. The molecule has 1 aromatic carbocycles. The van der Waals surface area contributed by atoms with Crippen LogP contribution in [0.2, 0.25) is 0 Å². The largest absolute Gasteiger partial charge is 0.488 e. The molecule has 2 aromatic rings. The first-order valence-electron chi connectivity index (χ1n) is 10.2. The second-order valence-electron chi connectivity index (χ2n) is 7.67. The van der Waals surface area contributed by atoms with Gasteiger partial charge in [-0.05, 0) is 69.0 Å². The maximum Gasteiger partial charge on any atom is 0.276 e. The van der Waals surface area contributed by atoms with E-state index in [-0.39, 0.29) is 12.0 Å². The van der Waals surface area contributed by atoms with Gasteiger partial charge < -0.3 is 20.5 Å². The number of piperidine rings is 1. The van der Waals surface area contributed by atoms with Gasteiger partial charge in [0.15, 0.2) is 5.69 Å². The van der Waals surface area contributed by atoms with Crippen LogP contribution in [0.15, 0.2) is 36.5 Å². The predicted molar refractivity (Wildman–Crippen MR) is 107 cm³/mol. The smallest absolute Gasteiger partial charge is 0.276 e. The van der Waals surface area contributed by atoms with E-state index in [9.17, 15) is 9.90 Å². The SMILES string of the molecule is O=C(Nc1ccc(OC2CCCCC2O)cc1)c1ccn(C2CCCNC2)n1. The van der Waals surface area contributed by atoms with Gasteiger partial charge in [0.2, 0.25) is 0 Å². The zero-order valence-electron chi connectivity index (χ0n) is 16.0. The van der Waals surface area contributed by atoms with Crippen molar-refractivity contribution in [3.63, 3.8) is 0 Å². The molecule has 0 spiro atoms. The predicted octanol–water partition coefficient (Wildman–Crippen LogP) is 2.74. The van der Waals surface area contributed by atoms with Crippen LogP contribution < -0.4 is 15.4 Å². The topological polar surface area (TPSA) is 88.4 Å². The van der Waals surface area contributed by atoms with Gasteiger partial charge in [0.05, 0.1) is 12.1 Å². The number of nitrogens with zero attached hydrogens (tertiary/aromatic N) is 2. The average molecular weight is 384 g/mol. The van der Waals surface area contributed by atoms with Crippen LogP contribution in [0.4, 0.5) is 5.69 Å². The molecular formula is C21H28N4O3. The third-order valence-corrected chi connectivity index (χ3v) is 5.55. The third kappa shape index (κ3) is 4.54. The molecule has 3 N–H and O–H groups in total. The van der Waals surface area contributed by atoms with Gasteiger partial charge in [-0.15, -0.1) is 0 Å². The van der Waals surface area contributed by atoms with Crippen LogP contribution in [0.3, 0.4) is 0 Å². The van der Waals surface area contributed by atoms with E-state index in [0.717, 1.165) is 51.6 Å². The Hall–Kier alpha value is -2.38. The minimum atomic E-state index is -0.400. The van der Waals surface area contributed by atoms with Crippen LogP contribution in [0.5, 0.6) is 5.75 Å². The summed E-state index contributed by atoms with van der Waals surface area (Å²) >= 11 is 0. The van der Waals surface area contributed by atoms with E-state index in [2.05, 4.69) is 15.7 Å². The normalized spacial score (nSPS) is 25.2. The molecule has 3 unspecified atom stereocenters. The molecule has 150 valence electrons. The average Bonchev–Trinajstić information content (AvgIpc) is 3.22. The molecular weight excluding hydrogens is 356 g/mol. The number of hydrogen-bond donors (Lipinski definition) is 3. The Bertz CT molecular complexity index is 783. The Labute approximate surface area is 165 Å². The van der Waals surface area contributed by atoms with Gasteiger partial charge in [-0.2, -0.15) is 5.10 Å². The number of nitrogens with one attached hydrogen (secondary N) is 2. The van der Waals surface area contributed by atoms with Crippen LogP contribution in [-0.4, -0.2) is 46.1 Å². The molecule has 7 nitrogen and oxygen atoms in total. The number of benzene rings is 1. The quantitative estimate of drug-likeness (QED) is 0.738. The van der Waals surface area contributed by atoms with Gasteiger partial charge in [-0.25, -0.2) is 0 Å². The second kappa shape index (κ2) is 8.75. The number of carbonyl (C=O) groups is 1. The van der Waals surface area contributed by atoms with Crippen molar-refractivity contribution in [3.8, 4) is 5.75 Å². The van der Waals surface area contributed by atoms with Crippen LogP contribution >= 0.6 is 0 Å². The van der Waals surface area contributed by atoms with E-state index in [1.54, 1.807) is 6.07 Å². The lowest BCUT2D eigenvalue weighted by Gasteiger charge is -2.28. The molecule has 2 fully saturated rings. The summed E-state index contributed by atoms with van der Waals surface area (Å²) in [5.41, 5.74) is 1.10. The number of anilines is 1. The zero-order valence-corrected chi connectivity index (χ0v) is 16.0. The van der Waals surface area contributed by atoms with Gasteiger partial charge in [0, 0.05) is 18.4 Å². The Balaban J connectivity index is 1.33. The van der Waals surface area contributed by atoms with Crippen molar-refractivity contribution >= 4 is 11.6 Å². The van der Waals surface area contributed by atoms with Crippen molar-refractivity contribution in [1.29, 1.82) is 0 Å². The molecule has 1 aromatic heterocycles. The van der Waals surface area contributed by atoms with E-state index in [1.807, 2.05) is 35.1 Å². The molecule has 1 aliphatic carbocycles. The first-order chi connectivity index (χ1) is 13.7. The van der Waals surface area contributed by atoms with Crippen molar-refractivity contribution in [2.24, 2.45) is 0 Å². The van der Waals surface area contributed by atoms with Gasteiger partial charge >= 0.3 is 0 Å². The Kier molecular flexibility index (Phi) is 5.92. The molecule has 0 radical (unpaired) electrons. The molecule has 2 aliphatic rings. The highest BCUT2D eigenvalue weighted by atomic mass is 16.5. The lowest BCUT2D eigenvalue weighted by atomic mass is 9.95. The van der Waals surface area contributed by atoms with E-state index in [0.29, 0.717) is 23.2 Å². The Morgan fingerprint density at radius 3 is 2.71 bits per heavy atom. The highest BCUT2D eigenvalue weighted by Crippen LogP contribution is 2.25. The number of aliphatic hydroxyl groups excluding tert-OH is 1. The Morgan fingerprint density at radius 1 is 1.14 bits per heavy atom. The maximum absolute atomic E-state index is 12.5. The molecule has 4 rings (SSSR count). The summed E-state index contributed by atoms with van der Waals surface area (Å²) < 4.78 is 7.78. The summed E-state index contributed by atoms with van der Waals surface area (Å²) in [4.78, 5) is 12.5. The molecule has 7 heteroatoms. The van der Waals surface area contributed by atoms with Gasteiger partial charge in [0.1, 0.15) is 11.9 Å². The third-order valence-electron chi connectivity index (χ3n) is 5.55. The maximum atomic E-state index is 12.5. The molecule has 3 atom stereocenters. The molecule has 1 saturated carbocycles. The molecule has 28 heavy (non-hydrogen) atoms. The number of rotatable bonds is 5. The monoisotopic (exact) mass is 384 g/mol. The van der Waals surface area contributed by atoms with E-state index in [4.69, 9.17) is 4.74 Å². The Morgan fingerprint density at radius 2 is 1.96 bits per heavy atom. The number of aromatic nitrogens is 2. The summed E-state index contributed by atoms with van der Waals surface area (Å²) in [5, 5.41) is 20.7. The summed E-state index contributed by atoms with van der Waals surface area (Å²) in [6, 6.07) is 9.33. The number of ether oxygens (including phenoxy) is 1. The van der Waals surface area contributed by atoms with E-state index >= 15 is 0 Å². The minimum Gasteiger partial charge on any atom is -0.488 e. The molecule has 2 heterocycles. The highest BCUT2D eigenvalue weighted by Gasteiger charge is 2.24. The molecule has 1 amide bonds. The molecule has 1 saturated heterocycles. The van der Waals surface area contributed by atoms with Crippen LogP contribution in [0.25, 0.3) is 0 Å².